The number of hydrogen-bond acceptors (Lipinski definition) is 3. The first-order chi connectivity index (χ1) is 13.7. The highest BCUT2D eigenvalue weighted by atomic mass is 35.5. The Kier molecular flexibility index (Phi) is 5.89. The number of rotatable bonds is 5. The number of carbonyl (C=O) groups is 1. The first kappa shape index (κ1) is 18.9. The third-order valence-electron chi connectivity index (χ3n) is 4.88. The average molecular weight is 409 g/mol. The molecule has 0 atom stereocenters. The summed E-state index contributed by atoms with van der Waals surface area (Å²) < 4.78 is 0. The molecule has 1 aromatic heterocycles. The normalized spacial score (nSPS) is 13.5. The Balaban J connectivity index is 1.60. The van der Waals surface area contributed by atoms with Gasteiger partial charge < -0.3 is 5.32 Å². The maximum Gasteiger partial charge on any atom is 0.254 e. The molecule has 0 saturated carbocycles. The minimum Gasteiger partial charge on any atom is -0.348 e. The van der Waals surface area contributed by atoms with Crippen LogP contribution in [-0.2, 0) is 19.4 Å². The zero-order valence-corrected chi connectivity index (χ0v) is 17.0. The summed E-state index contributed by atoms with van der Waals surface area (Å²) in [5.41, 5.74) is 3.99. The van der Waals surface area contributed by atoms with E-state index in [1.54, 1.807) is 11.3 Å². The lowest BCUT2D eigenvalue weighted by Gasteiger charge is -2.12. The fraction of sp³-hybridized carbons (Fsp3) is 0.217. The van der Waals surface area contributed by atoms with Crippen LogP contribution in [0.25, 0.3) is 0 Å². The molecular weight excluding hydrogens is 388 g/mol. The Hall–Kier alpha value is -2.43. The maximum atomic E-state index is 13.0. The number of halogens is 1. The second kappa shape index (κ2) is 8.72. The number of fused-ring (bicyclic) bond motifs is 1. The van der Waals surface area contributed by atoms with Crippen LogP contribution in [-0.4, -0.2) is 12.1 Å². The van der Waals surface area contributed by atoms with Gasteiger partial charge in [0.2, 0.25) is 0 Å². The van der Waals surface area contributed by atoms with E-state index in [2.05, 4.69) is 10.3 Å². The number of nitrogens with one attached hydrogen (secondary N) is 1. The van der Waals surface area contributed by atoms with Gasteiger partial charge in [0.15, 0.2) is 0 Å². The molecule has 0 unspecified atom stereocenters. The van der Waals surface area contributed by atoms with Gasteiger partial charge in [-0.05, 0) is 54.5 Å². The number of carbonyl (C=O) groups excluding carboxylic acids is 1. The number of aryl methyl sites for hydroxylation is 1. The van der Waals surface area contributed by atoms with E-state index in [-0.39, 0.29) is 5.91 Å². The Bertz CT molecular complexity index is 993. The maximum absolute atomic E-state index is 13.0. The Morgan fingerprint density at radius 2 is 1.82 bits per heavy atom. The number of thiophene rings is 1. The molecule has 1 aliphatic rings. The fourth-order valence-corrected chi connectivity index (χ4v) is 4.78. The minimum absolute atomic E-state index is 0.0356. The second-order valence-corrected chi connectivity index (χ2v) is 8.39. The third-order valence-corrected chi connectivity index (χ3v) is 6.33. The topological polar surface area (TPSA) is 41.5 Å². The summed E-state index contributed by atoms with van der Waals surface area (Å²) in [6.07, 6.45) is 6.11. The minimum atomic E-state index is -0.0356. The van der Waals surface area contributed by atoms with Gasteiger partial charge >= 0.3 is 0 Å². The second-order valence-electron chi connectivity index (χ2n) is 6.87. The molecular formula is C23H21ClN2OS. The summed E-state index contributed by atoms with van der Waals surface area (Å²) in [7, 11) is 0. The lowest BCUT2D eigenvalue weighted by molar-refractivity contribution is 0.0951. The van der Waals surface area contributed by atoms with Crippen molar-refractivity contribution in [2.24, 2.45) is 4.99 Å². The molecule has 0 aliphatic heterocycles. The Labute approximate surface area is 174 Å². The van der Waals surface area contributed by atoms with Crippen molar-refractivity contribution in [3.8, 4) is 0 Å². The molecule has 142 valence electrons. The lowest BCUT2D eigenvalue weighted by Crippen LogP contribution is -2.24. The van der Waals surface area contributed by atoms with Crippen LogP contribution < -0.4 is 5.32 Å². The summed E-state index contributed by atoms with van der Waals surface area (Å²) >= 11 is 7.60. The van der Waals surface area contributed by atoms with Crippen LogP contribution in [0.3, 0.4) is 0 Å². The molecule has 3 aromatic rings. The van der Waals surface area contributed by atoms with Crippen molar-refractivity contribution >= 4 is 40.1 Å². The molecule has 1 aliphatic carbocycles. The van der Waals surface area contributed by atoms with Crippen LogP contribution in [0.1, 0.15) is 44.8 Å². The molecule has 0 saturated heterocycles. The van der Waals surface area contributed by atoms with Crippen LogP contribution in [0, 0.1) is 0 Å². The molecule has 0 bridgehead atoms. The molecule has 5 heteroatoms. The number of nitrogens with zero attached hydrogens (tertiary/aromatic N) is 1. The van der Waals surface area contributed by atoms with Gasteiger partial charge in [-0.15, -0.1) is 11.3 Å². The van der Waals surface area contributed by atoms with Gasteiger partial charge in [-0.25, -0.2) is 4.99 Å². The van der Waals surface area contributed by atoms with Gasteiger partial charge in [-0.3, -0.25) is 4.79 Å². The number of amides is 1. The van der Waals surface area contributed by atoms with Crippen LogP contribution in [0.15, 0.2) is 59.6 Å². The summed E-state index contributed by atoms with van der Waals surface area (Å²) in [6.45, 7) is 0.518. The van der Waals surface area contributed by atoms with Crippen molar-refractivity contribution in [3.05, 3.63) is 86.8 Å². The standard InChI is InChI=1S/C23H21ClN2OS/c24-18-12-10-17(11-13-18)15-26-23-21(19-8-4-5-9-20(19)28-23)22(27)25-14-16-6-2-1-3-7-16/h1-3,6-7,10-13,15H,4-5,8-9,14H2,(H,25,27)/b26-15-. The van der Waals surface area contributed by atoms with E-state index in [4.69, 9.17) is 11.6 Å². The van der Waals surface area contributed by atoms with E-state index in [0.29, 0.717) is 11.6 Å². The van der Waals surface area contributed by atoms with Gasteiger partial charge in [0.1, 0.15) is 5.00 Å². The fourth-order valence-electron chi connectivity index (χ4n) is 3.43. The molecule has 0 fully saturated rings. The van der Waals surface area contributed by atoms with Gasteiger partial charge in [-0.1, -0.05) is 54.1 Å². The highest BCUT2D eigenvalue weighted by Gasteiger charge is 2.25. The Morgan fingerprint density at radius 1 is 1.07 bits per heavy atom. The molecule has 4 rings (SSSR count). The van der Waals surface area contributed by atoms with Crippen molar-refractivity contribution in [1.82, 2.24) is 5.32 Å². The van der Waals surface area contributed by atoms with Crippen LogP contribution >= 0.6 is 22.9 Å². The number of hydrogen-bond donors (Lipinski definition) is 1. The molecule has 28 heavy (non-hydrogen) atoms. The van der Waals surface area contributed by atoms with Crippen molar-refractivity contribution in [1.29, 1.82) is 0 Å². The van der Waals surface area contributed by atoms with Gasteiger partial charge in [0.05, 0.1) is 5.56 Å². The third kappa shape index (κ3) is 4.34. The van der Waals surface area contributed by atoms with Crippen molar-refractivity contribution < 1.29 is 4.79 Å². The quantitative estimate of drug-likeness (QED) is 0.520. The molecule has 0 spiro atoms. The van der Waals surface area contributed by atoms with Gasteiger partial charge in [0.25, 0.3) is 5.91 Å². The summed E-state index contributed by atoms with van der Waals surface area (Å²) in [5, 5.41) is 4.57. The first-order valence-corrected chi connectivity index (χ1v) is 10.7. The largest absolute Gasteiger partial charge is 0.348 e. The smallest absolute Gasteiger partial charge is 0.254 e. The van der Waals surface area contributed by atoms with E-state index in [1.807, 2.05) is 60.8 Å². The summed E-state index contributed by atoms with van der Waals surface area (Å²) in [5.74, 6) is -0.0356. The highest BCUT2D eigenvalue weighted by Crippen LogP contribution is 2.39. The molecule has 0 radical (unpaired) electrons. The predicted octanol–water partition coefficient (Wildman–Crippen LogP) is 5.96. The van der Waals surface area contributed by atoms with Gasteiger partial charge in [0, 0.05) is 22.7 Å². The van der Waals surface area contributed by atoms with Crippen molar-refractivity contribution in [2.75, 3.05) is 0 Å². The van der Waals surface area contributed by atoms with Crippen LogP contribution in [0.2, 0.25) is 5.02 Å². The Morgan fingerprint density at radius 3 is 2.61 bits per heavy atom. The molecule has 1 amide bonds. The SMILES string of the molecule is O=C(NCc1ccccc1)c1c(/N=C\c2ccc(Cl)cc2)sc2c1CCCC2. The number of aliphatic imine (C=N–C) groups is 1. The van der Waals surface area contributed by atoms with Crippen molar-refractivity contribution in [3.63, 3.8) is 0 Å². The van der Waals surface area contributed by atoms with E-state index < -0.39 is 0 Å². The predicted molar refractivity (Wildman–Crippen MR) is 117 cm³/mol. The zero-order chi connectivity index (χ0) is 19.3. The van der Waals surface area contributed by atoms with Crippen LogP contribution in [0.4, 0.5) is 5.00 Å². The van der Waals surface area contributed by atoms with E-state index in [1.165, 1.54) is 16.9 Å². The van der Waals surface area contributed by atoms with Gasteiger partial charge in [-0.2, -0.15) is 0 Å². The first-order valence-electron chi connectivity index (χ1n) is 9.47. The molecule has 1 heterocycles. The van der Waals surface area contributed by atoms with E-state index in [0.717, 1.165) is 41.0 Å². The highest BCUT2D eigenvalue weighted by molar-refractivity contribution is 7.16. The van der Waals surface area contributed by atoms with E-state index >= 15 is 0 Å². The monoisotopic (exact) mass is 408 g/mol. The molecule has 3 nitrogen and oxygen atoms in total. The summed E-state index contributed by atoms with van der Waals surface area (Å²) in [6, 6.07) is 17.5. The molecule has 2 aromatic carbocycles. The summed E-state index contributed by atoms with van der Waals surface area (Å²) in [4.78, 5) is 19.0. The van der Waals surface area contributed by atoms with Crippen LogP contribution in [0.5, 0.6) is 0 Å². The molecule has 1 N–H and O–H groups in total. The van der Waals surface area contributed by atoms with E-state index in [9.17, 15) is 4.79 Å². The number of benzene rings is 2. The zero-order valence-electron chi connectivity index (χ0n) is 15.5. The van der Waals surface area contributed by atoms with Crippen molar-refractivity contribution in [2.45, 2.75) is 32.2 Å². The lowest BCUT2D eigenvalue weighted by atomic mass is 9.95. The average Bonchev–Trinajstić information content (AvgIpc) is 3.11.